The Balaban J connectivity index is 4.07. The summed E-state index contributed by atoms with van der Waals surface area (Å²) in [5, 5.41) is 0. The van der Waals surface area contributed by atoms with Crippen molar-refractivity contribution >= 4 is 5.97 Å². The van der Waals surface area contributed by atoms with Crippen LogP contribution in [0.3, 0.4) is 0 Å². The summed E-state index contributed by atoms with van der Waals surface area (Å²) in [6.45, 7) is 13.5. The molecule has 0 aromatic rings. The molecule has 0 radical (unpaired) electrons. The van der Waals surface area contributed by atoms with Gasteiger partial charge in [0, 0.05) is 0 Å². The minimum absolute atomic E-state index is 0.0860. The van der Waals surface area contributed by atoms with Gasteiger partial charge in [-0.15, -0.1) is 0 Å². The lowest BCUT2D eigenvalue weighted by atomic mass is 9.89. The highest BCUT2D eigenvalue weighted by Crippen LogP contribution is 2.22. The zero-order valence-corrected chi connectivity index (χ0v) is 10.8. The van der Waals surface area contributed by atoms with Gasteiger partial charge in [0.05, 0.1) is 12.0 Å². The van der Waals surface area contributed by atoms with Crippen molar-refractivity contribution < 1.29 is 9.53 Å². The number of esters is 1. The summed E-state index contributed by atoms with van der Waals surface area (Å²) in [6, 6.07) is 0. The second-order valence-electron chi connectivity index (χ2n) is 4.38. The standard InChI is InChI=1S/C12H25NO2/c1-6-13(7-2)10-9-12(4,5)11(14)15-8-3/h6-10H2,1-5H3. The fraction of sp³-hybridized carbons (Fsp3) is 0.917. The second kappa shape index (κ2) is 6.83. The first-order valence-corrected chi connectivity index (χ1v) is 5.87. The van der Waals surface area contributed by atoms with Crippen LogP contribution >= 0.6 is 0 Å². The molecule has 0 saturated heterocycles. The Morgan fingerprint density at radius 3 is 2.13 bits per heavy atom. The minimum atomic E-state index is -0.362. The number of carbonyl (C=O) groups is 1. The monoisotopic (exact) mass is 215 g/mol. The summed E-state index contributed by atoms with van der Waals surface area (Å²) < 4.78 is 5.05. The Morgan fingerprint density at radius 1 is 1.20 bits per heavy atom. The zero-order chi connectivity index (χ0) is 11.9. The molecule has 0 aliphatic heterocycles. The van der Waals surface area contributed by atoms with Crippen LogP contribution in [0.5, 0.6) is 0 Å². The first-order chi connectivity index (χ1) is 6.97. The first kappa shape index (κ1) is 14.4. The van der Waals surface area contributed by atoms with Gasteiger partial charge in [0.15, 0.2) is 0 Å². The molecule has 0 fully saturated rings. The summed E-state index contributed by atoms with van der Waals surface area (Å²) in [5.41, 5.74) is -0.362. The van der Waals surface area contributed by atoms with Crippen LogP contribution in [-0.2, 0) is 9.53 Å². The quantitative estimate of drug-likeness (QED) is 0.610. The maximum atomic E-state index is 11.6. The van der Waals surface area contributed by atoms with E-state index in [1.807, 2.05) is 20.8 Å². The maximum Gasteiger partial charge on any atom is 0.311 e. The molecule has 0 aliphatic rings. The highest BCUT2D eigenvalue weighted by Gasteiger charge is 2.29. The van der Waals surface area contributed by atoms with Crippen LogP contribution in [0.4, 0.5) is 0 Å². The summed E-state index contributed by atoms with van der Waals surface area (Å²) in [4.78, 5) is 13.9. The van der Waals surface area contributed by atoms with Gasteiger partial charge in [-0.3, -0.25) is 4.79 Å². The van der Waals surface area contributed by atoms with Gasteiger partial charge in [-0.1, -0.05) is 13.8 Å². The van der Waals surface area contributed by atoms with Gasteiger partial charge in [0.25, 0.3) is 0 Å². The Labute approximate surface area is 93.8 Å². The van der Waals surface area contributed by atoms with E-state index in [0.29, 0.717) is 6.61 Å². The van der Waals surface area contributed by atoms with Gasteiger partial charge in [-0.05, 0) is 46.8 Å². The molecule has 0 saturated carbocycles. The molecule has 0 heterocycles. The highest BCUT2D eigenvalue weighted by atomic mass is 16.5. The lowest BCUT2D eigenvalue weighted by Crippen LogP contribution is -2.33. The number of ether oxygens (including phenoxy) is 1. The maximum absolute atomic E-state index is 11.6. The number of nitrogens with zero attached hydrogens (tertiary/aromatic N) is 1. The summed E-state index contributed by atoms with van der Waals surface area (Å²) >= 11 is 0. The van der Waals surface area contributed by atoms with E-state index in [0.717, 1.165) is 26.1 Å². The van der Waals surface area contributed by atoms with Crippen LogP contribution < -0.4 is 0 Å². The molecule has 0 aliphatic carbocycles. The molecule has 0 N–H and O–H groups in total. The normalized spacial score (nSPS) is 11.9. The summed E-state index contributed by atoms with van der Waals surface area (Å²) in [6.07, 6.45) is 0.855. The van der Waals surface area contributed by atoms with Gasteiger partial charge in [-0.2, -0.15) is 0 Å². The van der Waals surface area contributed by atoms with E-state index in [1.54, 1.807) is 0 Å². The Bertz CT molecular complexity index is 186. The second-order valence-corrected chi connectivity index (χ2v) is 4.38. The smallest absolute Gasteiger partial charge is 0.311 e. The van der Waals surface area contributed by atoms with E-state index in [1.165, 1.54) is 0 Å². The van der Waals surface area contributed by atoms with Gasteiger partial charge < -0.3 is 9.64 Å². The van der Waals surface area contributed by atoms with Crippen molar-refractivity contribution in [1.82, 2.24) is 4.90 Å². The number of hydrogen-bond donors (Lipinski definition) is 0. The molecule has 3 heteroatoms. The molecule has 0 spiro atoms. The topological polar surface area (TPSA) is 29.5 Å². The summed E-state index contributed by atoms with van der Waals surface area (Å²) in [5.74, 6) is -0.0860. The van der Waals surface area contributed by atoms with Crippen LogP contribution in [0.2, 0.25) is 0 Å². The number of hydrogen-bond acceptors (Lipinski definition) is 3. The molecule has 0 amide bonds. The average molecular weight is 215 g/mol. The lowest BCUT2D eigenvalue weighted by molar-refractivity contribution is -0.153. The third kappa shape index (κ3) is 5.17. The SMILES string of the molecule is CCOC(=O)C(C)(C)CCN(CC)CC. The minimum Gasteiger partial charge on any atom is -0.466 e. The van der Waals surface area contributed by atoms with Crippen LogP contribution in [0.25, 0.3) is 0 Å². The van der Waals surface area contributed by atoms with Crippen LogP contribution in [0, 0.1) is 5.41 Å². The molecule has 15 heavy (non-hydrogen) atoms. The van der Waals surface area contributed by atoms with Gasteiger partial charge in [0.2, 0.25) is 0 Å². The van der Waals surface area contributed by atoms with Crippen molar-refractivity contribution in [2.24, 2.45) is 5.41 Å². The first-order valence-electron chi connectivity index (χ1n) is 5.87. The molecule has 0 bridgehead atoms. The van der Waals surface area contributed by atoms with Crippen LogP contribution in [0.15, 0.2) is 0 Å². The summed E-state index contributed by atoms with van der Waals surface area (Å²) in [7, 11) is 0. The predicted molar refractivity (Wildman–Crippen MR) is 62.8 cm³/mol. The number of carbonyl (C=O) groups excluding carboxylic acids is 1. The van der Waals surface area contributed by atoms with Crippen LogP contribution in [0.1, 0.15) is 41.0 Å². The molecular formula is C12H25NO2. The molecule has 0 unspecified atom stereocenters. The number of rotatable bonds is 7. The molecule has 0 rings (SSSR count). The van der Waals surface area contributed by atoms with Crippen molar-refractivity contribution in [3.8, 4) is 0 Å². The van der Waals surface area contributed by atoms with E-state index in [4.69, 9.17) is 4.74 Å². The fourth-order valence-corrected chi connectivity index (χ4v) is 1.41. The molecule has 3 nitrogen and oxygen atoms in total. The Hall–Kier alpha value is -0.570. The Kier molecular flexibility index (Phi) is 6.57. The fourth-order valence-electron chi connectivity index (χ4n) is 1.41. The van der Waals surface area contributed by atoms with E-state index in [9.17, 15) is 4.79 Å². The van der Waals surface area contributed by atoms with Gasteiger partial charge in [-0.25, -0.2) is 0 Å². The van der Waals surface area contributed by atoms with Gasteiger partial charge in [0.1, 0.15) is 0 Å². The highest BCUT2D eigenvalue weighted by molar-refractivity contribution is 5.75. The lowest BCUT2D eigenvalue weighted by Gasteiger charge is -2.26. The molecule has 90 valence electrons. The largest absolute Gasteiger partial charge is 0.466 e. The van der Waals surface area contributed by atoms with E-state index in [2.05, 4.69) is 18.7 Å². The molecule has 0 aromatic carbocycles. The van der Waals surface area contributed by atoms with Crippen molar-refractivity contribution in [3.05, 3.63) is 0 Å². The van der Waals surface area contributed by atoms with Crippen LogP contribution in [-0.4, -0.2) is 37.1 Å². The van der Waals surface area contributed by atoms with Crippen molar-refractivity contribution in [2.75, 3.05) is 26.2 Å². The zero-order valence-electron chi connectivity index (χ0n) is 10.8. The van der Waals surface area contributed by atoms with E-state index in [-0.39, 0.29) is 11.4 Å². The Morgan fingerprint density at radius 2 is 1.73 bits per heavy atom. The van der Waals surface area contributed by atoms with Crippen molar-refractivity contribution in [1.29, 1.82) is 0 Å². The molecular weight excluding hydrogens is 190 g/mol. The molecule has 0 atom stereocenters. The third-order valence-corrected chi connectivity index (χ3v) is 2.78. The van der Waals surface area contributed by atoms with Crippen molar-refractivity contribution in [2.45, 2.75) is 41.0 Å². The van der Waals surface area contributed by atoms with Gasteiger partial charge >= 0.3 is 5.97 Å². The van der Waals surface area contributed by atoms with Crippen molar-refractivity contribution in [3.63, 3.8) is 0 Å². The predicted octanol–water partition coefficient (Wildman–Crippen LogP) is 2.31. The van der Waals surface area contributed by atoms with E-state index >= 15 is 0 Å². The van der Waals surface area contributed by atoms with E-state index < -0.39 is 0 Å². The third-order valence-electron chi connectivity index (χ3n) is 2.78. The molecule has 0 aromatic heterocycles. The average Bonchev–Trinajstić information content (AvgIpc) is 2.19.